The second kappa shape index (κ2) is 11.7. The van der Waals surface area contributed by atoms with Crippen molar-refractivity contribution in [3.05, 3.63) is 27.7 Å². The van der Waals surface area contributed by atoms with Crippen LogP contribution in [0.3, 0.4) is 0 Å². The summed E-state index contributed by atoms with van der Waals surface area (Å²) >= 11 is 11.8. The SMILES string of the molecule is CN=C(NCC(=O)NCCOC)NCc1cc(Cl)cc(Cl)c1OC(F)F. The molecule has 1 aromatic rings. The summed E-state index contributed by atoms with van der Waals surface area (Å²) in [5.74, 6) is -0.144. The van der Waals surface area contributed by atoms with Crippen molar-refractivity contribution in [1.82, 2.24) is 16.0 Å². The van der Waals surface area contributed by atoms with Crippen molar-refractivity contribution in [3.8, 4) is 5.75 Å². The van der Waals surface area contributed by atoms with Crippen LogP contribution in [0.1, 0.15) is 5.56 Å². The molecule has 26 heavy (non-hydrogen) atoms. The standard InChI is InChI=1S/C15H20Cl2F2N4O3/c1-20-15(23-8-12(24)21-3-4-25-2)22-7-9-5-10(16)6-11(17)13(9)26-14(18)19/h5-6,14H,3-4,7-8H2,1-2H3,(H,21,24)(H2,20,22,23). The number of ether oxygens (including phenoxy) is 2. The maximum Gasteiger partial charge on any atom is 0.387 e. The highest BCUT2D eigenvalue weighted by Gasteiger charge is 2.15. The minimum Gasteiger partial charge on any atom is -0.433 e. The second-order valence-corrected chi connectivity index (χ2v) is 5.72. The minimum absolute atomic E-state index is 0.0277. The maximum absolute atomic E-state index is 12.6. The van der Waals surface area contributed by atoms with Crippen molar-refractivity contribution in [2.24, 2.45) is 4.99 Å². The topological polar surface area (TPSA) is 84.0 Å². The fraction of sp³-hybridized carbons (Fsp3) is 0.467. The summed E-state index contributed by atoms with van der Waals surface area (Å²) in [6.07, 6.45) is 0. The highest BCUT2D eigenvalue weighted by Crippen LogP contribution is 2.33. The van der Waals surface area contributed by atoms with Crippen molar-refractivity contribution in [2.75, 3.05) is 33.9 Å². The van der Waals surface area contributed by atoms with E-state index in [0.717, 1.165) is 0 Å². The van der Waals surface area contributed by atoms with Gasteiger partial charge in [0.1, 0.15) is 5.75 Å². The number of amides is 1. The first-order valence-corrected chi connectivity index (χ1v) is 8.25. The van der Waals surface area contributed by atoms with Crippen LogP contribution in [0.5, 0.6) is 5.75 Å². The average Bonchev–Trinajstić information content (AvgIpc) is 2.57. The van der Waals surface area contributed by atoms with Crippen LogP contribution >= 0.6 is 23.2 Å². The lowest BCUT2D eigenvalue weighted by atomic mass is 10.2. The van der Waals surface area contributed by atoms with Crippen LogP contribution in [0.2, 0.25) is 10.0 Å². The fourth-order valence-corrected chi connectivity index (χ4v) is 2.46. The number of alkyl halides is 2. The zero-order valence-corrected chi connectivity index (χ0v) is 15.8. The Morgan fingerprint density at radius 3 is 2.62 bits per heavy atom. The van der Waals surface area contributed by atoms with Crippen LogP contribution < -0.4 is 20.7 Å². The highest BCUT2D eigenvalue weighted by atomic mass is 35.5. The van der Waals surface area contributed by atoms with Crippen LogP contribution in [0.25, 0.3) is 0 Å². The lowest BCUT2D eigenvalue weighted by molar-refractivity contribution is -0.120. The number of methoxy groups -OCH3 is 1. The molecule has 0 fully saturated rings. The summed E-state index contributed by atoms with van der Waals surface area (Å²) in [7, 11) is 3.03. The first-order chi connectivity index (χ1) is 12.4. The molecule has 7 nitrogen and oxygen atoms in total. The number of halogens is 4. The maximum atomic E-state index is 12.6. The average molecular weight is 413 g/mol. The number of hydrogen-bond donors (Lipinski definition) is 3. The van der Waals surface area contributed by atoms with Crippen molar-refractivity contribution in [2.45, 2.75) is 13.2 Å². The summed E-state index contributed by atoms with van der Waals surface area (Å²) in [4.78, 5) is 15.6. The third kappa shape index (κ3) is 8.03. The summed E-state index contributed by atoms with van der Waals surface area (Å²) in [6, 6.07) is 2.75. The Kier molecular flexibility index (Phi) is 10.0. The zero-order valence-electron chi connectivity index (χ0n) is 14.2. The molecule has 0 atom stereocenters. The molecule has 1 amide bonds. The predicted molar refractivity (Wildman–Crippen MR) is 96.2 cm³/mol. The van der Waals surface area contributed by atoms with Crippen molar-refractivity contribution in [1.29, 1.82) is 0 Å². The Hall–Kier alpha value is -1.84. The van der Waals surface area contributed by atoms with Gasteiger partial charge in [0.15, 0.2) is 5.96 Å². The van der Waals surface area contributed by atoms with E-state index in [2.05, 4.69) is 25.7 Å². The summed E-state index contributed by atoms with van der Waals surface area (Å²) in [5.41, 5.74) is 0.315. The molecule has 0 aliphatic rings. The largest absolute Gasteiger partial charge is 0.433 e. The van der Waals surface area contributed by atoms with Gasteiger partial charge in [-0.25, -0.2) is 0 Å². The quantitative estimate of drug-likeness (QED) is 0.328. The van der Waals surface area contributed by atoms with Gasteiger partial charge in [0.05, 0.1) is 18.2 Å². The normalized spacial score (nSPS) is 11.4. The molecule has 0 bridgehead atoms. The Labute approximate surface area is 160 Å². The van der Waals surface area contributed by atoms with Crippen molar-refractivity contribution < 1.29 is 23.0 Å². The van der Waals surface area contributed by atoms with E-state index in [4.69, 9.17) is 27.9 Å². The highest BCUT2D eigenvalue weighted by molar-refractivity contribution is 6.35. The van der Waals surface area contributed by atoms with Gasteiger partial charge in [0.25, 0.3) is 0 Å². The van der Waals surface area contributed by atoms with Gasteiger partial charge in [-0.15, -0.1) is 0 Å². The molecule has 1 aromatic carbocycles. The number of benzene rings is 1. The third-order valence-electron chi connectivity index (χ3n) is 3.01. The number of carbonyl (C=O) groups excluding carboxylic acids is 1. The van der Waals surface area contributed by atoms with Gasteiger partial charge in [0, 0.05) is 37.8 Å². The first-order valence-electron chi connectivity index (χ1n) is 7.50. The smallest absolute Gasteiger partial charge is 0.387 e. The molecule has 11 heteroatoms. The molecule has 146 valence electrons. The van der Waals surface area contributed by atoms with Gasteiger partial charge in [-0.3, -0.25) is 9.79 Å². The summed E-state index contributed by atoms with van der Waals surface area (Å²) in [6.45, 7) is -2.21. The predicted octanol–water partition coefficient (Wildman–Crippen LogP) is 2.02. The number of nitrogens with one attached hydrogen (secondary N) is 3. The van der Waals surface area contributed by atoms with Crippen LogP contribution in [-0.4, -0.2) is 52.3 Å². The number of nitrogens with zero attached hydrogens (tertiary/aromatic N) is 1. The van der Waals surface area contributed by atoms with E-state index in [0.29, 0.717) is 18.7 Å². The number of guanidine groups is 1. The fourth-order valence-electron chi connectivity index (χ4n) is 1.88. The number of aliphatic imine (C=N–C) groups is 1. The van der Waals surface area contributed by atoms with Crippen molar-refractivity contribution in [3.63, 3.8) is 0 Å². The molecule has 0 saturated heterocycles. The molecule has 0 aliphatic carbocycles. The number of rotatable bonds is 9. The third-order valence-corrected chi connectivity index (χ3v) is 3.51. The van der Waals surface area contributed by atoms with Gasteiger partial charge in [-0.2, -0.15) is 8.78 Å². The number of carbonyl (C=O) groups is 1. The molecule has 0 heterocycles. The zero-order chi connectivity index (χ0) is 19.5. The second-order valence-electron chi connectivity index (χ2n) is 4.88. The van der Waals surface area contributed by atoms with Crippen LogP contribution in [0, 0.1) is 0 Å². The van der Waals surface area contributed by atoms with Gasteiger partial charge in [-0.1, -0.05) is 23.2 Å². The molecule has 0 aliphatic heterocycles. The minimum atomic E-state index is -3.03. The first kappa shape index (κ1) is 22.2. The van der Waals surface area contributed by atoms with E-state index >= 15 is 0 Å². The number of hydrogen-bond acceptors (Lipinski definition) is 4. The Morgan fingerprint density at radius 2 is 2.00 bits per heavy atom. The monoisotopic (exact) mass is 412 g/mol. The molecule has 0 radical (unpaired) electrons. The van der Waals surface area contributed by atoms with E-state index in [1.165, 1.54) is 26.3 Å². The van der Waals surface area contributed by atoms with Crippen LogP contribution in [-0.2, 0) is 16.1 Å². The Bertz CT molecular complexity index is 633. The molecular formula is C15H20Cl2F2N4O3. The van der Waals surface area contributed by atoms with E-state index in [1.807, 2.05) is 0 Å². The van der Waals surface area contributed by atoms with Gasteiger partial charge < -0.3 is 25.4 Å². The van der Waals surface area contributed by atoms with Gasteiger partial charge in [0.2, 0.25) is 5.91 Å². The molecule has 3 N–H and O–H groups in total. The molecule has 1 rings (SSSR count). The molecule has 0 saturated carbocycles. The summed E-state index contributed by atoms with van der Waals surface area (Å²) < 4.78 is 34.4. The van der Waals surface area contributed by atoms with E-state index < -0.39 is 6.61 Å². The Morgan fingerprint density at radius 1 is 1.27 bits per heavy atom. The molecular weight excluding hydrogens is 393 g/mol. The van der Waals surface area contributed by atoms with Crippen LogP contribution in [0.15, 0.2) is 17.1 Å². The summed E-state index contributed by atoms with van der Waals surface area (Å²) in [5, 5.41) is 8.53. The van der Waals surface area contributed by atoms with Crippen LogP contribution in [0.4, 0.5) is 8.78 Å². The molecule has 0 aromatic heterocycles. The van der Waals surface area contributed by atoms with E-state index in [-0.39, 0.29) is 40.8 Å². The van der Waals surface area contributed by atoms with E-state index in [9.17, 15) is 13.6 Å². The van der Waals surface area contributed by atoms with E-state index in [1.54, 1.807) is 0 Å². The molecule has 0 unspecified atom stereocenters. The van der Waals surface area contributed by atoms with Crippen molar-refractivity contribution >= 4 is 35.1 Å². The lowest BCUT2D eigenvalue weighted by Crippen LogP contribution is -2.43. The van der Waals surface area contributed by atoms with Gasteiger partial charge >= 0.3 is 6.61 Å². The van der Waals surface area contributed by atoms with Gasteiger partial charge in [-0.05, 0) is 12.1 Å². The Balaban J connectivity index is 2.64. The molecule has 0 spiro atoms. The lowest BCUT2D eigenvalue weighted by Gasteiger charge is -2.16.